The topological polar surface area (TPSA) is 95.5 Å². The van der Waals surface area contributed by atoms with Crippen LogP contribution in [0, 0.1) is 11.3 Å². The number of carbonyl (C=O) groups is 1. The maximum atomic E-state index is 12.2. The predicted molar refractivity (Wildman–Crippen MR) is 101 cm³/mol. The molecule has 3 heterocycles. The minimum absolute atomic E-state index is 0.292. The van der Waals surface area contributed by atoms with Crippen molar-refractivity contribution in [2.45, 2.75) is 13.5 Å². The fraction of sp³-hybridized carbons (Fsp3) is 0.389. The Kier molecular flexibility index (Phi) is 5.71. The molecule has 0 spiro atoms. The molecular formula is C18H21N5O2S. The zero-order valence-electron chi connectivity index (χ0n) is 14.6. The summed E-state index contributed by atoms with van der Waals surface area (Å²) in [5.41, 5.74) is 7.02. The number of nitrogens with zero attached hydrogens (tertiary/aromatic N) is 4. The van der Waals surface area contributed by atoms with Gasteiger partial charge < -0.3 is 15.4 Å². The summed E-state index contributed by atoms with van der Waals surface area (Å²) >= 11 is 1.13. The monoisotopic (exact) mass is 371 g/mol. The van der Waals surface area contributed by atoms with Gasteiger partial charge in [0.05, 0.1) is 12.2 Å². The van der Waals surface area contributed by atoms with Gasteiger partial charge in [0.1, 0.15) is 21.8 Å². The number of rotatable bonds is 5. The molecule has 0 radical (unpaired) electrons. The van der Waals surface area contributed by atoms with Gasteiger partial charge in [-0.1, -0.05) is 6.07 Å². The first-order chi connectivity index (χ1) is 12.6. The number of thiophene rings is 1. The fourth-order valence-electron chi connectivity index (χ4n) is 3.02. The van der Waals surface area contributed by atoms with E-state index in [1.165, 1.54) is 0 Å². The molecule has 0 amide bonds. The highest BCUT2D eigenvalue weighted by Crippen LogP contribution is 2.32. The largest absolute Gasteiger partial charge is 0.462 e. The molecule has 1 aliphatic rings. The van der Waals surface area contributed by atoms with E-state index in [1.54, 1.807) is 13.1 Å². The maximum absolute atomic E-state index is 12.2. The van der Waals surface area contributed by atoms with E-state index in [9.17, 15) is 10.1 Å². The summed E-state index contributed by atoms with van der Waals surface area (Å²) in [6, 6.07) is 8.02. The normalized spacial score (nSPS) is 14.8. The number of ether oxygens (including phenoxy) is 1. The molecule has 0 saturated carbocycles. The van der Waals surface area contributed by atoms with Crippen LogP contribution in [-0.4, -0.2) is 48.6 Å². The first-order valence-electron chi connectivity index (χ1n) is 8.50. The summed E-state index contributed by atoms with van der Waals surface area (Å²) in [5.74, 6) is 0.560. The number of aromatic nitrogens is 1. The van der Waals surface area contributed by atoms with E-state index in [-0.39, 0.29) is 0 Å². The van der Waals surface area contributed by atoms with Gasteiger partial charge in [0.15, 0.2) is 0 Å². The van der Waals surface area contributed by atoms with Crippen molar-refractivity contribution >= 4 is 28.1 Å². The highest BCUT2D eigenvalue weighted by Gasteiger charge is 2.26. The van der Waals surface area contributed by atoms with Crippen molar-refractivity contribution in [2.24, 2.45) is 0 Å². The highest BCUT2D eigenvalue weighted by atomic mass is 32.1. The third-order valence-electron chi connectivity index (χ3n) is 4.33. The van der Waals surface area contributed by atoms with Gasteiger partial charge in [-0.25, -0.2) is 9.78 Å². The third kappa shape index (κ3) is 3.79. The second-order valence-corrected chi connectivity index (χ2v) is 6.98. The molecule has 1 saturated heterocycles. The van der Waals surface area contributed by atoms with Gasteiger partial charge in [-0.2, -0.15) is 5.26 Å². The van der Waals surface area contributed by atoms with Crippen LogP contribution in [-0.2, 0) is 11.3 Å². The Morgan fingerprint density at radius 1 is 1.38 bits per heavy atom. The van der Waals surface area contributed by atoms with Crippen molar-refractivity contribution in [3.63, 3.8) is 0 Å². The molecule has 0 aliphatic carbocycles. The van der Waals surface area contributed by atoms with Crippen molar-refractivity contribution in [3.05, 3.63) is 40.4 Å². The van der Waals surface area contributed by atoms with Crippen molar-refractivity contribution in [1.29, 1.82) is 5.26 Å². The second-order valence-electron chi connectivity index (χ2n) is 5.93. The number of anilines is 2. The second kappa shape index (κ2) is 8.17. The van der Waals surface area contributed by atoms with Crippen LogP contribution in [0.5, 0.6) is 0 Å². The van der Waals surface area contributed by atoms with Gasteiger partial charge in [-0.3, -0.25) is 4.90 Å². The molecular weight excluding hydrogens is 350 g/mol. The Morgan fingerprint density at radius 3 is 2.77 bits per heavy atom. The molecule has 26 heavy (non-hydrogen) atoms. The summed E-state index contributed by atoms with van der Waals surface area (Å²) in [6.45, 7) is 5.89. The van der Waals surface area contributed by atoms with E-state index in [0.717, 1.165) is 43.3 Å². The minimum Gasteiger partial charge on any atom is -0.462 e. The molecule has 1 fully saturated rings. The standard InChI is InChI=1S/C18H21N5O2S/c1-2-25-18(24)16-14(13(11-19)17(20)26-16)12-22-7-9-23(10-8-22)15-5-3-4-6-21-15/h3-6H,2,7-10,12,20H2,1H3. The smallest absolute Gasteiger partial charge is 0.348 e. The number of hydrogen-bond acceptors (Lipinski definition) is 8. The molecule has 2 aromatic rings. The molecule has 136 valence electrons. The Labute approximate surface area is 156 Å². The Hall–Kier alpha value is -2.63. The number of nitriles is 1. The molecule has 1 aliphatic heterocycles. The average Bonchev–Trinajstić information content (AvgIpc) is 2.98. The molecule has 7 nitrogen and oxygen atoms in total. The summed E-state index contributed by atoms with van der Waals surface area (Å²) in [5, 5.41) is 9.81. The van der Waals surface area contributed by atoms with E-state index in [0.29, 0.717) is 34.2 Å². The molecule has 8 heteroatoms. The van der Waals surface area contributed by atoms with Gasteiger partial charge in [0.2, 0.25) is 0 Å². The van der Waals surface area contributed by atoms with Crippen LogP contribution in [0.15, 0.2) is 24.4 Å². The van der Waals surface area contributed by atoms with Crippen molar-refractivity contribution in [1.82, 2.24) is 9.88 Å². The summed E-state index contributed by atoms with van der Waals surface area (Å²) in [4.78, 5) is 21.5. The van der Waals surface area contributed by atoms with E-state index in [2.05, 4.69) is 20.9 Å². The number of carbonyl (C=O) groups excluding carboxylic acids is 1. The van der Waals surface area contributed by atoms with E-state index >= 15 is 0 Å². The van der Waals surface area contributed by atoms with E-state index < -0.39 is 5.97 Å². The predicted octanol–water partition coefficient (Wildman–Crippen LogP) is 2.10. The number of nitrogen functional groups attached to an aromatic ring is 1. The van der Waals surface area contributed by atoms with Gasteiger partial charge in [-0.15, -0.1) is 11.3 Å². The summed E-state index contributed by atoms with van der Waals surface area (Å²) in [6.07, 6.45) is 1.79. The summed E-state index contributed by atoms with van der Waals surface area (Å²) in [7, 11) is 0. The minimum atomic E-state index is -0.409. The molecule has 2 aromatic heterocycles. The lowest BCUT2D eigenvalue weighted by Gasteiger charge is -2.35. The number of pyridine rings is 1. The Balaban J connectivity index is 1.72. The third-order valence-corrected chi connectivity index (χ3v) is 5.38. The first-order valence-corrected chi connectivity index (χ1v) is 9.32. The molecule has 0 atom stereocenters. The molecule has 2 N–H and O–H groups in total. The lowest BCUT2D eigenvalue weighted by molar-refractivity contribution is 0.0529. The average molecular weight is 371 g/mol. The molecule has 3 rings (SSSR count). The Morgan fingerprint density at radius 2 is 2.15 bits per heavy atom. The lowest BCUT2D eigenvalue weighted by Crippen LogP contribution is -2.46. The van der Waals surface area contributed by atoms with Crippen LogP contribution >= 0.6 is 11.3 Å². The van der Waals surface area contributed by atoms with Gasteiger partial charge in [0, 0.05) is 44.5 Å². The van der Waals surface area contributed by atoms with Crippen LogP contribution in [0.3, 0.4) is 0 Å². The van der Waals surface area contributed by atoms with Crippen molar-refractivity contribution in [3.8, 4) is 6.07 Å². The van der Waals surface area contributed by atoms with Crippen LogP contribution in [0.25, 0.3) is 0 Å². The van der Waals surface area contributed by atoms with Gasteiger partial charge >= 0.3 is 5.97 Å². The lowest BCUT2D eigenvalue weighted by atomic mass is 10.1. The van der Waals surface area contributed by atoms with Crippen LogP contribution in [0.2, 0.25) is 0 Å². The number of nitrogens with two attached hydrogens (primary N) is 1. The number of hydrogen-bond donors (Lipinski definition) is 1. The summed E-state index contributed by atoms with van der Waals surface area (Å²) < 4.78 is 5.12. The zero-order chi connectivity index (χ0) is 18.5. The van der Waals surface area contributed by atoms with Crippen LogP contribution in [0.4, 0.5) is 10.8 Å². The zero-order valence-corrected chi connectivity index (χ0v) is 15.5. The highest BCUT2D eigenvalue weighted by molar-refractivity contribution is 7.18. The molecule has 0 unspecified atom stereocenters. The molecule has 0 bridgehead atoms. The first kappa shape index (κ1) is 18.2. The quantitative estimate of drug-likeness (QED) is 0.804. The van der Waals surface area contributed by atoms with Gasteiger partial charge in [-0.05, 0) is 19.1 Å². The van der Waals surface area contributed by atoms with Gasteiger partial charge in [0.25, 0.3) is 0 Å². The van der Waals surface area contributed by atoms with Crippen molar-refractivity contribution < 1.29 is 9.53 Å². The fourth-order valence-corrected chi connectivity index (χ4v) is 3.94. The van der Waals surface area contributed by atoms with Crippen LogP contribution in [0.1, 0.15) is 27.7 Å². The van der Waals surface area contributed by atoms with E-state index in [1.807, 2.05) is 18.2 Å². The SMILES string of the molecule is CCOC(=O)c1sc(N)c(C#N)c1CN1CCN(c2ccccn2)CC1. The van der Waals surface area contributed by atoms with Crippen molar-refractivity contribution in [2.75, 3.05) is 43.4 Å². The van der Waals surface area contributed by atoms with Crippen LogP contribution < -0.4 is 10.6 Å². The number of piperazine rings is 1. The number of esters is 1. The van der Waals surface area contributed by atoms with E-state index in [4.69, 9.17) is 10.5 Å². The molecule has 0 aromatic carbocycles. The Bertz CT molecular complexity index is 807. The maximum Gasteiger partial charge on any atom is 0.348 e.